The van der Waals surface area contributed by atoms with Gasteiger partial charge in [-0.25, -0.2) is 0 Å². The molecule has 0 aliphatic heterocycles. The van der Waals surface area contributed by atoms with Gasteiger partial charge in [-0.15, -0.1) is 0 Å². The lowest BCUT2D eigenvalue weighted by Gasteiger charge is -2.20. The van der Waals surface area contributed by atoms with Gasteiger partial charge in [-0.2, -0.15) is 5.26 Å². The van der Waals surface area contributed by atoms with Crippen LogP contribution >= 0.6 is 0 Å². The maximum Gasteiger partial charge on any atom is 0.0998 e. The first kappa shape index (κ1) is 37.7. The minimum Gasteiger partial charge on any atom is -0.192 e. The molecule has 304 valence electrons. The summed E-state index contributed by atoms with van der Waals surface area (Å²) in [5.41, 5.74) is 19.6. The van der Waals surface area contributed by atoms with E-state index in [4.69, 9.17) is 0 Å². The van der Waals surface area contributed by atoms with Gasteiger partial charge in [0.1, 0.15) is 0 Å². The first-order valence-electron chi connectivity index (χ1n) is 22.7. The van der Waals surface area contributed by atoms with Crippen LogP contribution in [0.3, 0.4) is 0 Å². The standard InChI is InChI=1S/C65H39N/c66-40-47-33-32-45(38-57(47)46-34-35-54-58(39-46)60(42-20-7-2-8-21-42)51-27-14-13-26-50(51)59(54)41-18-5-1-6-19-41)48-36-37-56-63-49(48)30-17-31-55(63)64-61(43-22-9-3-10-23-43)52-28-15-16-29-53(52)62(65(56)64)44-24-11-4-12-25-44/h1-39H. The van der Waals surface area contributed by atoms with Gasteiger partial charge in [0.25, 0.3) is 0 Å². The number of nitriles is 1. The van der Waals surface area contributed by atoms with E-state index in [9.17, 15) is 5.26 Å². The first-order chi connectivity index (χ1) is 32.7. The minimum atomic E-state index is 0.647. The van der Waals surface area contributed by atoms with Gasteiger partial charge in [-0.05, 0) is 145 Å². The van der Waals surface area contributed by atoms with Crippen LogP contribution in [0, 0.1) is 11.3 Å². The number of nitrogens with zero attached hydrogens (tertiary/aromatic N) is 1. The highest BCUT2D eigenvalue weighted by atomic mass is 14.3. The molecule has 1 heteroatoms. The van der Waals surface area contributed by atoms with Gasteiger partial charge < -0.3 is 0 Å². The van der Waals surface area contributed by atoms with Gasteiger partial charge in [0, 0.05) is 5.56 Å². The second-order valence-corrected chi connectivity index (χ2v) is 17.3. The Morgan fingerprint density at radius 1 is 0.227 bits per heavy atom. The summed E-state index contributed by atoms with van der Waals surface area (Å²) >= 11 is 0. The molecule has 0 amide bonds. The molecule has 66 heavy (non-hydrogen) atoms. The molecule has 13 rings (SSSR count). The molecule has 1 nitrogen and oxygen atoms in total. The highest BCUT2D eigenvalue weighted by Crippen LogP contribution is 2.58. The van der Waals surface area contributed by atoms with Crippen LogP contribution in [0.15, 0.2) is 237 Å². The third-order valence-electron chi connectivity index (χ3n) is 13.8. The molecule has 0 fully saturated rings. The van der Waals surface area contributed by atoms with Crippen LogP contribution in [0.2, 0.25) is 0 Å². The summed E-state index contributed by atoms with van der Waals surface area (Å²) in [5.74, 6) is 0. The van der Waals surface area contributed by atoms with Crippen molar-refractivity contribution in [2.45, 2.75) is 0 Å². The van der Waals surface area contributed by atoms with E-state index < -0.39 is 0 Å². The number of hydrogen-bond acceptors (Lipinski definition) is 1. The van der Waals surface area contributed by atoms with E-state index in [1.165, 1.54) is 98.9 Å². The number of benzene rings is 12. The first-order valence-corrected chi connectivity index (χ1v) is 22.7. The molecule has 0 saturated carbocycles. The van der Waals surface area contributed by atoms with Crippen LogP contribution in [-0.4, -0.2) is 0 Å². The average molecular weight is 834 g/mol. The highest BCUT2D eigenvalue weighted by Gasteiger charge is 2.31. The second kappa shape index (κ2) is 15.2. The molecule has 1 aliphatic rings. The lowest BCUT2D eigenvalue weighted by molar-refractivity contribution is 1.48. The molecule has 1 aliphatic carbocycles. The van der Waals surface area contributed by atoms with Gasteiger partial charge in [-0.1, -0.05) is 218 Å². The smallest absolute Gasteiger partial charge is 0.0998 e. The van der Waals surface area contributed by atoms with Crippen LogP contribution in [0.5, 0.6) is 0 Å². The van der Waals surface area contributed by atoms with E-state index in [0.717, 1.165) is 33.2 Å². The van der Waals surface area contributed by atoms with Gasteiger partial charge in [0.2, 0.25) is 0 Å². The van der Waals surface area contributed by atoms with Crippen LogP contribution < -0.4 is 0 Å². The number of rotatable bonds is 6. The molecule has 0 heterocycles. The largest absolute Gasteiger partial charge is 0.192 e. The zero-order valence-electron chi connectivity index (χ0n) is 36.0. The van der Waals surface area contributed by atoms with E-state index in [2.05, 4.69) is 237 Å². The van der Waals surface area contributed by atoms with Gasteiger partial charge in [0.15, 0.2) is 0 Å². The van der Waals surface area contributed by atoms with Crippen molar-refractivity contribution >= 4 is 43.1 Å². The summed E-state index contributed by atoms with van der Waals surface area (Å²) in [5, 5.41) is 20.5. The topological polar surface area (TPSA) is 23.8 Å². The number of fused-ring (bicyclic) bond motifs is 6. The van der Waals surface area contributed by atoms with Crippen molar-refractivity contribution in [1.29, 1.82) is 5.26 Å². The summed E-state index contributed by atoms with van der Waals surface area (Å²) in [6.07, 6.45) is 0. The van der Waals surface area contributed by atoms with Gasteiger partial charge in [-0.3, -0.25) is 0 Å². The summed E-state index contributed by atoms with van der Waals surface area (Å²) in [6, 6.07) is 88.1. The third kappa shape index (κ3) is 5.72. The molecule has 0 atom stereocenters. The van der Waals surface area contributed by atoms with Gasteiger partial charge in [0.05, 0.1) is 11.6 Å². The van der Waals surface area contributed by atoms with Crippen molar-refractivity contribution < 1.29 is 0 Å². The fourth-order valence-electron chi connectivity index (χ4n) is 11.1. The molecule has 0 radical (unpaired) electrons. The molecule has 0 aromatic heterocycles. The normalized spacial score (nSPS) is 11.6. The SMILES string of the molecule is N#Cc1ccc(-c2ccc3c4c(cccc24)-c2c-3c(-c3ccccc3)c3ccccc3c2-c2ccccc2)cc1-c1ccc2c(-c3ccccc3)c3ccccc3c(-c3ccccc3)c2c1. The van der Waals surface area contributed by atoms with E-state index in [1.54, 1.807) is 0 Å². The molecular formula is C65H39N. The highest BCUT2D eigenvalue weighted by molar-refractivity contribution is 6.29. The van der Waals surface area contributed by atoms with Crippen LogP contribution in [0.1, 0.15) is 5.56 Å². The van der Waals surface area contributed by atoms with Crippen molar-refractivity contribution in [1.82, 2.24) is 0 Å². The van der Waals surface area contributed by atoms with Gasteiger partial charge >= 0.3 is 0 Å². The fourth-order valence-corrected chi connectivity index (χ4v) is 11.1. The molecule has 0 unspecified atom stereocenters. The third-order valence-corrected chi connectivity index (χ3v) is 13.8. The van der Waals surface area contributed by atoms with Crippen LogP contribution in [-0.2, 0) is 0 Å². The Bertz CT molecular complexity index is 3860. The van der Waals surface area contributed by atoms with E-state index >= 15 is 0 Å². The second-order valence-electron chi connectivity index (χ2n) is 17.3. The van der Waals surface area contributed by atoms with Crippen molar-refractivity contribution in [3.63, 3.8) is 0 Å². The Labute approximate surface area is 383 Å². The lowest BCUT2D eigenvalue weighted by Crippen LogP contribution is -1.93. The average Bonchev–Trinajstić information content (AvgIpc) is 3.72. The maximum atomic E-state index is 10.7. The maximum absolute atomic E-state index is 10.7. The van der Waals surface area contributed by atoms with Crippen molar-refractivity contribution in [2.24, 2.45) is 0 Å². The number of hydrogen-bond donors (Lipinski definition) is 0. The molecule has 12 aromatic carbocycles. The Morgan fingerprint density at radius 3 is 1.15 bits per heavy atom. The van der Waals surface area contributed by atoms with Crippen LogP contribution in [0.25, 0.3) is 132 Å². The lowest BCUT2D eigenvalue weighted by atomic mass is 9.82. The zero-order valence-corrected chi connectivity index (χ0v) is 36.0. The molecule has 0 bridgehead atoms. The predicted molar refractivity (Wildman–Crippen MR) is 278 cm³/mol. The summed E-state index contributed by atoms with van der Waals surface area (Å²) in [7, 11) is 0. The Morgan fingerprint density at radius 2 is 0.621 bits per heavy atom. The quantitative estimate of drug-likeness (QED) is 0.153. The molecule has 0 saturated heterocycles. The van der Waals surface area contributed by atoms with Crippen molar-refractivity contribution in [2.75, 3.05) is 0 Å². The molecule has 0 spiro atoms. The monoisotopic (exact) mass is 833 g/mol. The summed E-state index contributed by atoms with van der Waals surface area (Å²) in [4.78, 5) is 0. The van der Waals surface area contributed by atoms with Crippen molar-refractivity contribution in [3.8, 4) is 95.1 Å². The Balaban J connectivity index is 1.05. The summed E-state index contributed by atoms with van der Waals surface area (Å²) < 4.78 is 0. The van der Waals surface area contributed by atoms with E-state index in [1.807, 2.05) is 6.07 Å². The predicted octanol–water partition coefficient (Wildman–Crippen LogP) is 17.8. The van der Waals surface area contributed by atoms with Crippen molar-refractivity contribution in [3.05, 3.63) is 242 Å². The van der Waals surface area contributed by atoms with E-state index in [-0.39, 0.29) is 0 Å². The Kier molecular flexibility index (Phi) is 8.66. The molecular weight excluding hydrogens is 795 g/mol. The van der Waals surface area contributed by atoms with Crippen LogP contribution in [0.4, 0.5) is 0 Å². The fraction of sp³-hybridized carbons (Fsp3) is 0. The van der Waals surface area contributed by atoms with E-state index in [0.29, 0.717) is 5.56 Å². The molecule has 12 aromatic rings. The zero-order chi connectivity index (χ0) is 43.7. The minimum absolute atomic E-state index is 0.647. The summed E-state index contributed by atoms with van der Waals surface area (Å²) in [6.45, 7) is 0. The molecule has 0 N–H and O–H groups in total. The Hall–Kier alpha value is -8.83.